The first-order valence-corrected chi connectivity index (χ1v) is 9.27. The fourth-order valence-corrected chi connectivity index (χ4v) is 5.67. The Morgan fingerprint density at radius 1 is 0.684 bits per heavy atom. The minimum absolute atomic E-state index is 0. The topological polar surface area (TPSA) is 27.7 Å². The lowest BCUT2D eigenvalue weighted by molar-refractivity contribution is -0.916. The van der Waals surface area contributed by atoms with Gasteiger partial charge in [0.1, 0.15) is 6.17 Å². The molecule has 0 unspecified atom stereocenters. The number of halogens is 1. The van der Waals surface area contributed by atoms with Gasteiger partial charge in [-0.3, -0.25) is 0 Å². The third-order valence-corrected chi connectivity index (χ3v) is 6.88. The van der Waals surface area contributed by atoms with Crippen molar-refractivity contribution in [3.8, 4) is 0 Å². The van der Waals surface area contributed by atoms with E-state index in [0.29, 0.717) is 19.8 Å². The molecule has 118 valence electrons. The van der Waals surface area contributed by atoms with E-state index in [-0.39, 0.29) is 17.0 Å². The lowest BCUT2D eigenvalue weighted by atomic mass is 10.4. The van der Waals surface area contributed by atoms with E-state index in [0.717, 1.165) is 30.3 Å². The molecule has 6 heteroatoms. The molecule has 0 amide bonds. The Bertz CT molecular complexity index is 191. The Hall–Kier alpha value is 0.537. The van der Waals surface area contributed by atoms with E-state index in [1.54, 1.807) is 0 Å². The van der Waals surface area contributed by atoms with E-state index in [9.17, 15) is 0 Å². The molecule has 0 aliphatic carbocycles. The van der Waals surface area contributed by atoms with Crippen LogP contribution in [0.25, 0.3) is 0 Å². The zero-order valence-corrected chi connectivity index (χ0v) is 16.1. The summed E-state index contributed by atoms with van der Waals surface area (Å²) in [4.78, 5) is 0. The quantitative estimate of drug-likeness (QED) is 0.367. The second-order valence-corrected chi connectivity index (χ2v) is 6.98. The van der Waals surface area contributed by atoms with Crippen LogP contribution in [-0.4, -0.2) is 58.9 Å². The number of nitrogens with zero attached hydrogens (tertiary/aromatic N) is 1. The Kier molecular flexibility index (Phi) is 12.9. The molecular formula is C13H32BrNO3Si. The molecule has 4 nitrogen and oxygen atoms in total. The van der Waals surface area contributed by atoms with Gasteiger partial charge in [0.05, 0.1) is 19.6 Å². The highest BCUT2D eigenvalue weighted by atomic mass is 79.9. The minimum atomic E-state index is -2.52. The first kappa shape index (κ1) is 21.8. The summed E-state index contributed by atoms with van der Waals surface area (Å²) >= 11 is 0. The van der Waals surface area contributed by atoms with Crippen LogP contribution < -0.4 is 17.0 Å². The Morgan fingerprint density at radius 3 is 1.21 bits per heavy atom. The van der Waals surface area contributed by atoms with Gasteiger partial charge in [-0.2, -0.15) is 0 Å². The number of quaternary nitrogens is 1. The monoisotopic (exact) mass is 357 g/mol. The highest BCUT2D eigenvalue weighted by Gasteiger charge is 2.48. The molecular weight excluding hydrogens is 326 g/mol. The van der Waals surface area contributed by atoms with Crippen LogP contribution in [0.5, 0.6) is 0 Å². The lowest BCUT2D eigenvalue weighted by Gasteiger charge is -2.41. The summed E-state index contributed by atoms with van der Waals surface area (Å²) in [6, 6.07) is 0. The summed E-state index contributed by atoms with van der Waals surface area (Å²) in [7, 11) is -2.52. The molecule has 0 aromatic carbocycles. The molecule has 0 fully saturated rings. The molecule has 0 radical (unpaired) electrons. The summed E-state index contributed by atoms with van der Waals surface area (Å²) in [5.41, 5.74) is 0. The standard InChI is InChI=1S/C13H32NO3Si.BrH/c1-7-14(8-2,9-3)13-18(15-10-4,16-11-5)17-12-6;/h7-13H2,1-6H3;1H/q+1;/p-1. The average Bonchev–Trinajstić information content (AvgIpc) is 2.37. The summed E-state index contributed by atoms with van der Waals surface area (Å²) in [5, 5.41) is 0. The summed E-state index contributed by atoms with van der Waals surface area (Å²) in [6.45, 7) is 18.0. The summed E-state index contributed by atoms with van der Waals surface area (Å²) in [6.07, 6.45) is 0.881. The van der Waals surface area contributed by atoms with Crippen LogP contribution >= 0.6 is 0 Å². The third-order valence-electron chi connectivity index (χ3n) is 3.63. The minimum Gasteiger partial charge on any atom is -1.00 e. The fourth-order valence-electron chi connectivity index (χ4n) is 2.34. The molecule has 0 saturated carbocycles. The van der Waals surface area contributed by atoms with Crippen LogP contribution in [-0.2, 0) is 13.3 Å². The van der Waals surface area contributed by atoms with E-state index >= 15 is 0 Å². The van der Waals surface area contributed by atoms with Crippen LogP contribution in [0.2, 0.25) is 0 Å². The van der Waals surface area contributed by atoms with Gasteiger partial charge in [0.25, 0.3) is 0 Å². The largest absolute Gasteiger partial charge is 1.00 e. The van der Waals surface area contributed by atoms with E-state index in [2.05, 4.69) is 20.8 Å². The van der Waals surface area contributed by atoms with Gasteiger partial charge in [-0.1, -0.05) is 0 Å². The highest BCUT2D eigenvalue weighted by molar-refractivity contribution is 6.60. The van der Waals surface area contributed by atoms with Crippen molar-refractivity contribution in [2.24, 2.45) is 0 Å². The zero-order chi connectivity index (χ0) is 14.1. The predicted octanol–water partition coefficient (Wildman–Crippen LogP) is -0.545. The molecule has 0 saturated heterocycles. The van der Waals surface area contributed by atoms with E-state index in [4.69, 9.17) is 13.3 Å². The maximum atomic E-state index is 5.95. The maximum absolute atomic E-state index is 5.95. The van der Waals surface area contributed by atoms with Crippen LogP contribution in [0.15, 0.2) is 0 Å². The van der Waals surface area contributed by atoms with Crippen LogP contribution in [0.1, 0.15) is 41.5 Å². The van der Waals surface area contributed by atoms with Gasteiger partial charge in [0.2, 0.25) is 0 Å². The summed E-state index contributed by atoms with van der Waals surface area (Å²) < 4.78 is 18.9. The van der Waals surface area contributed by atoms with Gasteiger partial charge in [-0.05, 0) is 41.5 Å². The molecule has 0 rings (SSSR count). The molecule has 0 heterocycles. The molecule has 0 aliphatic rings. The second kappa shape index (κ2) is 11.2. The second-order valence-electron chi connectivity index (χ2n) is 4.43. The van der Waals surface area contributed by atoms with Crippen molar-refractivity contribution < 1.29 is 34.7 Å². The van der Waals surface area contributed by atoms with E-state index in [1.807, 2.05) is 20.8 Å². The van der Waals surface area contributed by atoms with Crippen LogP contribution in [0.3, 0.4) is 0 Å². The number of hydrogen-bond donors (Lipinski definition) is 0. The normalized spacial score (nSPS) is 12.3. The van der Waals surface area contributed by atoms with Gasteiger partial charge in [-0.25, -0.2) is 0 Å². The molecule has 0 atom stereocenters. The molecule has 0 aromatic heterocycles. The number of hydrogen-bond acceptors (Lipinski definition) is 3. The smallest absolute Gasteiger partial charge is 0.559 e. The molecule has 0 bridgehead atoms. The van der Waals surface area contributed by atoms with Crippen molar-refractivity contribution in [3.05, 3.63) is 0 Å². The SMILES string of the molecule is CCO[Si](C[N+](CC)(CC)CC)(OCC)OCC.[Br-]. The van der Waals surface area contributed by atoms with Crippen molar-refractivity contribution in [2.45, 2.75) is 41.5 Å². The van der Waals surface area contributed by atoms with E-state index < -0.39 is 8.80 Å². The van der Waals surface area contributed by atoms with Crippen LogP contribution in [0.4, 0.5) is 0 Å². The van der Waals surface area contributed by atoms with Gasteiger partial charge >= 0.3 is 8.80 Å². The Balaban J connectivity index is 0. The van der Waals surface area contributed by atoms with Crippen molar-refractivity contribution >= 4 is 8.80 Å². The Morgan fingerprint density at radius 2 is 1.00 bits per heavy atom. The lowest BCUT2D eigenvalue weighted by Crippen LogP contribution is -3.00. The van der Waals surface area contributed by atoms with Crippen molar-refractivity contribution in [3.63, 3.8) is 0 Å². The average molecular weight is 358 g/mol. The molecule has 0 aliphatic heterocycles. The van der Waals surface area contributed by atoms with E-state index in [1.165, 1.54) is 0 Å². The molecule has 0 N–H and O–H groups in total. The van der Waals surface area contributed by atoms with Crippen molar-refractivity contribution in [2.75, 3.05) is 45.6 Å². The highest BCUT2D eigenvalue weighted by Crippen LogP contribution is 2.18. The maximum Gasteiger partial charge on any atom is 0.559 e. The van der Waals surface area contributed by atoms with Gasteiger partial charge in [0, 0.05) is 19.8 Å². The summed E-state index contributed by atoms with van der Waals surface area (Å²) in [5.74, 6) is 0. The first-order chi connectivity index (χ1) is 8.57. The fraction of sp³-hybridized carbons (Fsp3) is 1.00. The van der Waals surface area contributed by atoms with Crippen molar-refractivity contribution in [1.29, 1.82) is 0 Å². The van der Waals surface area contributed by atoms with Gasteiger partial charge in [0.15, 0.2) is 0 Å². The Labute approximate surface area is 131 Å². The van der Waals surface area contributed by atoms with Gasteiger partial charge < -0.3 is 34.7 Å². The van der Waals surface area contributed by atoms with Crippen LogP contribution in [0, 0.1) is 0 Å². The van der Waals surface area contributed by atoms with Crippen molar-refractivity contribution in [1.82, 2.24) is 0 Å². The first-order valence-electron chi connectivity index (χ1n) is 7.34. The molecule has 19 heavy (non-hydrogen) atoms. The molecule has 0 spiro atoms. The molecule has 0 aromatic rings. The number of rotatable bonds is 11. The third kappa shape index (κ3) is 6.69. The predicted molar refractivity (Wildman–Crippen MR) is 77.4 cm³/mol. The van der Waals surface area contributed by atoms with Gasteiger partial charge in [-0.15, -0.1) is 0 Å². The zero-order valence-electron chi connectivity index (χ0n) is 13.5.